The normalized spacial score (nSPS) is 15.8. The molecular weight excluding hydrogens is 271 g/mol. The van der Waals surface area contributed by atoms with Crippen LogP contribution < -0.4 is 11.1 Å². The van der Waals surface area contributed by atoms with Gasteiger partial charge in [-0.3, -0.25) is 9.69 Å². The third-order valence-corrected chi connectivity index (χ3v) is 3.24. The number of anilines is 1. The van der Waals surface area contributed by atoms with Crippen molar-refractivity contribution in [1.82, 2.24) is 10.2 Å². The van der Waals surface area contributed by atoms with Crippen molar-refractivity contribution in [3.05, 3.63) is 29.3 Å². The smallest absolute Gasteiger partial charge is 0.398 e. The summed E-state index contributed by atoms with van der Waals surface area (Å²) >= 11 is 0. The Hall–Kier alpha value is -1.76. The van der Waals surface area contributed by atoms with Gasteiger partial charge in [-0.15, -0.1) is 0 Å². The number of rotatable bonds is 3. The maximum atomic E-state index is 12.0. The average molecular weight is 287 g/mol. The second kappa shape index (κ2) is 5.70. The molecule has 1 aromatic rings. The van der Waals surface area contributed by atoms with E-state index in [0.717, 1.165) is 17.5 Å². The first kappa shape index (κ1) is 14.6. The highest BCUT2D eigenvalue weighted by Crippen LogP contribution is 2.23. The summed E-state index contributed by atoms with van der Waals surface area (Å²) in [5.41, 5.74) is 8.63. The zero-order valence-electron chi connectivity index (χ0n) is 10.8. The molecule has 0 bridgehead atoms. The molecule has 0 saturated heterocycles. The second-order valence-corrected chi connectivity index (χ2v) is 4.84. The summed E-state index contributed by atoms with van der Waals surface area (Å²) in [4.78, 5) is 13.3. The van der Waals surface area contributed by atoms with E-state index in [0.29, 0.717) is 18.8 Å². The number of hydrogen-bond donors (Lipinski definition) is 2. The number of carbonyl (C=O) groups excluding carboxylic acids is 1. The summed E-state index contributed by atoms with van der Waals surface area (Å²) in [5, 5.41) is 1.87. The highest BCUT2D eigenvalue weighted by atomic mass is 19.4. The first-order valence-electron chi connectivity index (χ1n) is 6.27. The van der Waals surface area contributed by atoms with E-state index in [2.05, 4.69) is 0 Å². The molecule has 4 nitrogen and oxygen atoms in total. The molecule has 0 aromatic heterocycles. The van der Waals surface area contributed by atoms with Gasteiger partial charge in [0.05, 0.1) is 6.54 Å². The Morgan fingerprint density at radius 1 is 1.40 bits per heavy atom. The predicted octanol–water partition coefficient (Wildman–Crippen LogP) is 1.31. The Kier molecular flexibility index (Phi) is 4.17. The van der Waals surface area contributed by atoms with Gasteiger partial charge in [0.15, 0.2) is 0 Å². The SMILES string of the molecule is Nc1cccc2c1CN(CC(=O)NCC(F)(F)F)CC2. The molecule has 0 aliphatic carbocycles. The lowest BCUT2D eigenvalue weighted by atomic mass is 9.98. The van der Waals surface area contributed by atoms with Gasteiger partial charge in [-0.2, -0.15) is 13.2 Å². The zero-order chi connectivity index (χ0) is 14.8. The zero-order valence-corrected chi connectivity index (χ0v) is 10.8. The molecule has 0 spiro atoms. The van der Waals surface area contributed by atoms with Crippen LogP contribution in [0.3, 0.4) is 0 Å². The van der Waals surface area contributed by atoms with E-state index in [1.807, 2.05) is 17.4 Å². The van der Waals surface area contributed by atoms with Gasteiger partial charge in [0.25, 0.3) is 0 Å². The number of nitrogen functional groups attached to an aromatic ring is 1. The van der Waals surface area contributed by atoms with E-state index in [9.17, 15) is 18.0 Å². The van der Waals surface area contributed by atoms with Crippen molar-refractivity contribution in [2.45, 2.75) is 19.1 Å². The number of alkyl halides is 3. The number of hydrogen-bond acceptors (Lipinski definition) is 3. The molecule has 1 aliphatic heterocycles. The van der Waals surface area contributed by atoms with Gasteiger partial charge in [-0.05, 0) is 23.6 Å². The molecule has 2 rings (SSSR count). The number of nitrogens with one attached hydrogen (secondary N) is 1. The molecule has 0 fully saturated rings. The summed E-state index contributed by atoms with van der Waals surface area (Å²) in [6.07, 6.45) is -3.64. The lowest BCUT2D eigenvalue weighted by Crippen LogP contribution is -2.42. The summed E-state index contributed by atoms with van der Waals surface area (Å²) in [6, 6.07) is 5.64. The lowest BCUT2D eigenvalue weighted by Gasteiger charge is -2.29. The van der Waals surface area contributed by atoms with Crippen LogP contribution in [0.4, 0.5) is 18.9 Å². The predicted molar refractivity (Wildman–Crippen MR) is 68.9 cm³/mol. The number of fused-ring (bicyclic) bond motifs is 1. The van der Waals surface area contributed by atoms with Crippen LogP contribution in [0.5, 0.6) is 0 Å². The fraction of sp³-hybridized carbons (Fsp3) is 0.462. The van der Waals surface area contributed by atoms with Crippen molar-refractivity contribution in [3.8, 4) is 0 Å². The molecule has 0 atom stereocenters. The maximum absolute atomic E-state index is 12.0. The maximum Gasteiger partial charge on any atom is 0.405 e. The van der Waals surface area contributed by atoms with Crippen LogP contribution in [0.2, 0.25) is 0 Å². The topological polar surface area (TPSA) is 58.4 Å². The Bertz CT molecular complexity index is 502. The minimum absolute atomic E-state index is 0.0517. The van der Waals surface area contributed by atoms with E-state index in [1.54, 1.807) is 11.0 Å². The minimum atomic E-state index is -4.38. The molecule has 1 heterocycles. The fourth-order valence-electron chi connectivity index (χ4n) is 2.26. The van der Waals surface area contributed by atoms with Crippen molar-refractivity contribution in [1.29, 1.82) is 0 Å². The van der Waals surface area contributed by atoms with Crippen molar-refractivity contribution in [3.63, 3.8) is 0 Å². The Balaban J connectivity index is 1.90. The highest BCUT2D eigenvalue weighted by molar-refractivity contribution is 5.78. The quantitative estimate of drug-likeness (QED) is 0.824. The van der Waals surface area contributed by atoms with E-state index < -0.39 is 18.6 Å². The van der Waals surface area contributed by atoms with Crippen LogP contribution in [0.15, 0.2) is 18.2 Å². The van der Waals surface area contributed by atoms with Crippen LogP contribution in [0, 0.1) is 0 Å². The van der Waals surface area contributed by atoms with E-state index in [4.69, 9.17) is 5.73 Å². The van der Waals surface area contributed by atoms with E-state index in [1.165, 1.54) is 0 Å². The standard InChI is InChI=1S/C13H16F3N3O/c14-13(15,16)8-18-12(20)7-19-5-4-9-2-1-3-11(17)10(9)6-19/h1-3H,4-8,17H2,(H,18,20). The molecular formula is C13H16F3N3O. The van der Waals surface area contributed by atoms with Crippen LogP contribution in [-0.4, -0.2) is 36.6 Å². The summed E-state index contributed by atoms with van der Waals surface area (Å²) < 4.78 is 36.0. The van der Waals surface area contributed by atoms with E-state index in [-0.39, 0.29) is 6.54 Å². The molecule has 0 saturated carbocycles. The van der Waals surface area contributed by atoms with Gasteiger partial charge in [-0.25, -0.2) is 0 Å². The second-order valence-electron chi connectivity index (χ2n) is 4.84. The molecule has 0 radical (unpaired) electrons. The number of amides is 1. The number of nitrogens with zero attached hydrogens (tertiary/aromatic N) is 1. The van der Waals surface area contributed by atoms with E-state index >= 15 is 0 Å². The van der Waals surface area contributed by atoms with Gasteiger partial charge in [0.1, 0.15) is 6.54 Å². The minimum Gasteiger partial charge on any atom is -0.398 e. The number of benzene rings is 1. The lowest BCUT2D eigenvalue weighted by molar-refractivity contribution is -0.139. The highest BCUT2D eigenvalue weighted by Gasteiger charge is 2.28. The largest absolute Gasteiger partial charge is 0.405 e. The molecule has 20 heavy (non-hydrogen) atoms. The Labute approximate surface area is 114 Å². The number of nitrogens with two attached hydrogens (primary N) is 1. The van der Waals surface area contributed by atoms with Crippen LogP contribution in [0.25, 0.3) is 0 Å². The molecule has 110 valence electrons. The van der Waals surface area contributed by atoms with Crippen molar-refractivity contribution in [2.75, 3.05) is 25.4 Å². The van der Waals surface area contributed by atoms with Gasteiger partial charge in [0, 0.05) is 18.8 Å². The first-order chi connectivity index (χ1) is 9.35. The van der Waals surface area contributed by atoms with Gasteiger partial charge in [-0.1, -0.05) is 12.1 Å². The Morgan fingerprint density at radius 2 is 2.15 bits per heavy atom. The third-order valence-electron chi connectivity index (χ3n) is 3.24. The number of carbonyl (C=O) groups is 1. The molecule has 1 aromatic carbocycles. The first-order valence-corrected chi connectivity index (χ1v) is 6.27. The molecule has 0 unspecified atom stereocenters. The molecule has 1 aliphatic rings. The summed E-state index contributed by atoms with van der Waals surface area (Å²) in [6.45, 7) is -0.223. The third kappa shape index (κ3) is 3.86. The van der Waals surface area contributed by atoms with Crippen LogP contribution >= 0.6 is 0 Å². The van der Waals surface area contributed by atoms with Gasteiger partial charge in [0.2, 0.25) is 5.91 Å². The Morgan fingerprint density at radius 3 is 2.85 bits per heavy atom. The number of halogens is 3. The fourth-order valence-corrected chi connectivity index (χ4v) is 2.26. The summed E-state index contributed by atoms with van der Waals surface area (Å²) in [7, 11) is 0. The van der Waals surface area contributed by atoms with Gasteiger partial charge < -0.3 is 11.1 Å². The monoisotopic (exact) mass is 287 g/mol. The van der Waals surface area contributed by atoms with Crippen molar-refractivity contribution < 1.29 is 18.0 Å². The molecule has 1 amide bonds. The summed E-state index contributed by atoms with van der Waals surface area (Å²) in [5.74, 6) is -0.625. The average Bonchev–Trinajstić information content (AvgIpc) is 2.37. The van der Waals surface area contributed by atoms with Crippen LogP contribution in [0.1, 0.15) is 11.1 Å². The molecule has 7 heteroatoms. The van der Waals surface area contributed by atoms with Crippen molar-refractivity contribution >= 4 is 11.6 Å². The van der Waals surface area contributed by atoms with Crippen molar-refractivity contribution in [2.24, 2.45) is 0 Å². The molecule has 3 N–H and O–H groups in total. The van der Waals surface area contributed by atoms with Crippen LogP contribution in [-0.2, 0) is 17.8 Å². The van der Waals surface area contributed by atoms with Gasteiger partial charge >= 0.3 is 6.18 Å².